The lowest BCUT2D eigenvalue weighted by Gasteiger charge is -2.22. The van der Waals surface area contributed by atoms with Crippen molar-refractivity contribution in [2.45, 2.75) is 43.1 Å². The second kappa shape index (κ2) is 8.82. The fraction of sp³-hybridized carbons (Fsp3) is 0.533. The number of rotatable bonds is 6. The fourth-order valence-electron chi connectivity index (χ4n) is 2.68. The zero-order valence-electron chi connectivity index (χ0n) is 13.2. The van der Waals surface area contributed by atoms with Crippen LogP contribution in [0, 0.1) is 6.92 Å². The van der Waals surface area contributed by atoms with Crippen LogP contribution in [0.15, 0.2) is 23.3 Å². The summed E-state index contributed by atoms with van der Waals surface area (Å²) in [4.78, 5) is 5.61. The van der Waals surface area contributed by atoms with Crippen LogP contribution < -0.4 is 5.32 Å². The summed E-state index contributed by atoms with van der Waals surface area (Å²) < 4.78 is 2.23. The Labute approximate surface area is 151 Å². The Morgan fingerprint density at radius 3 is 2.87 bits per heavy atom. The van der Waals surface area contributed by atoms with Gasteiger partial charge in [-0.05, 0) is 32.9 Å². The minimum atomic E-state index is 0. The first-order valence-corrected chi connectivity index (χ1v) is 9.42. The minimum Gasteiger partial charge on any atom is -0.317 e. The van der Waals surface area contributed by atoms with Crippen LogP contribution in [0.1, 0.15) is 35.2 Å². The molecule has 1 fully saturated rings. The Hall–Kier alpha value is -0.890. The molecule has 0 saturated carbocycles. The second-order valence-electron chi connectivity index (χ2n) is 5.41. The number of piperidine rings is 1. The predicted octanol–water partition coefficient (Wildman–Crippen LogP) is 3.41. The summed E-state index contributed by atoms with van der Waals surface area (Å²) in [7, 11) is 0. The van der Waals surface area contributed by atoms with Gasteiger partial charge in [0.1, 0.15) is 5.82 Å². The number of nitrogens with zero attached hydrogens (tertiary/aromatic N) is 4. The number of halogens is 1. The third-order valence-electron chi connectivity index (χ3n) is 3.94. The molecule has 1 saturated heterocycles. The van der Waals surface area contributed by atoms with E-state index in [0.717, 1.165) is 54.9 Å². The molecule has 1 N–H and O–H groups in total. The molecule has 0 spiro atoms. The van der Waals surface area contributed by atoms with Crippen molar-refractivity contribution in [1.82, 2.24) is 25.1 Å². The zero-order valence-corrected chi connectivity index (χ0v) is 15.6. The van der Waals surface area contributed by atoms with E-state index in [-0.39, 0.29) is 12.4 Å². The van der Waals surface area contributed by atoms with Crippen LogP contribution in [0.5, 0.6) is 0 Å². The molecule has 2 aromatic heterocycles. The molecule has 1 aliphatic rings. The number of hydrogen-bond acceptors (Lipinski definition) is 6. The van der Waals surface area contributed by atoms with Crippen LogP contribution in [-0.4, -0.2) is 32.8 Å². The molecule has 0 radical (unpaired) electrons. The minimum absolute atomic E-state index is 0. The highest BCUT2D eigenvalue weighted by Crippen LogP contribution is 2.30. The summed E-state index contributed by atoms with van der Waals surface area (Å²) in [6, 6.07) is 0. The Kier molecular flexibility index (Phi) is 7.08. The highest BCUT2D eigenvalue weighted by molar-refractivity contribution is 7.98. The molecule has 0 aliphatic carbocycles. The van der Waals surface area contributed by atoms with Gasteiger partial charge in [-0.25, -0.2) is 4.98 Å². The Bertz CT molecular complexity index is 634. The van der Waals surface area contributed by atoms with Crippen LogP contribution in [-0.2, 0) is 12.3 Å². The van der Waals surface area contributed by atoms with Crippen LogP contribution in [0.4, 0.5) is 0 Å². The second-order valence-corrected chi connectivity index (χ2v) is 7.30. The van der Waals surface area contributed by atoms with Crippen LogP contribution >= 0.6 is 35.5 Å². The highest BCUT2D eigenvalue weighted by atomic mass is 35.5. The molecule has 3 rings (SSSR count). The van der Waals surface area contributed by atoms with Gasteiger partial charge in [0.25, 0.3) is 0 Å². The Morgan fingerprint density at radius 1 is 1.43 bits per heavy atom. The van der Waals surface area contributed by atoms with Gasteiger partial charge in [0.15, 0.2) is 5.16 Å². The number of nitrogens with one attached hydrogen (secondary N) is 1. The molecule has 0 atom stereocenters. The number of allylic oxidation sites excluding steroid dienone is 1. The van der Waals surface area contributed by atoms with Gasteiger partial charge in [-0.3, -0.25) is 0 Å². The number of thioether (sulfide) groups is 1. The molecule has 3 heterocycles. The molecule has 0 bridgehead atoms. The average molecular weight is 372 g/mol. The summed E-state index contributed by atoms with van der Waals surface area (Å²) in [6.45, 7) is 8.84. The quantitative estimate of drug-likeness (QED) is 0.623. The van der Waals surface area contributed by atoms with Gasteiger partial charge in [-0.1, -0.05) is 17.8 Å². The molecule has 5 nitrogen and oxygen atoms in total. The van der Waals surface area contributed by atoms with Gasteiger partial charge in [0.05, 0.1) is 11.2 Å². The number of aromatic nitrogens is 4. The molecule has 0 unspecified atom stereocenters. The van der Waals surface area contributed by atoms with Crippen molar-refractivity contribution < 1.29 is 0 Å². The van der Waals surface area contributed by atoms with Gasteiger partial charge in [-0.2, -0.15) is 0 Å². The third-order valence-corrected chi connectivity index (χ3v) is 6.05. The van der Waals surface area contributed by atoms with E-state index in [1.807, 2.05) is 11.6 Å². The summed E-state index contributed by atoms with van der Waals surface area (Å²) in [5.41, 5.74) is 3.02. The van der Waals surface area contributed by atoms with Crippen LogP contribution in [0.25, 0.3) is 0 Å². The summed E-state index contributed by atoms with van der Waals surface area (Å²) in [5.74, 6) is 2.52. The summed E-state index contributed by atoms with van der Waals surface area (Å²) >= 11 is 3.45. The molecule has 8 heteroatoms. The normalized spacial score (nSPS) is 15.3. The van der Waals surface area contributed by atoms with E-state index in [0.29, 0.717) is 5.92 Å². The molecular weight excluding hydrogens is 350 g/mol. The monoisotopic (exact) mass is 371 g/mol. The van der Waals surface area contributed by atoms with E-state index in [2.05, 4.69) is 38.6 Å². The van der Waals surface area contributed by atoms with E-state index >= 15 is 0 Å². The van der Waals surface area contributed by atoms with E-state index in [9.17, 15) is 0 Å². The molecule has 0 amide bonds. The standard InChI is InChI=1S/C15H21N5S2.ClH/c1-3-8-20-14(12-4-6-16-7-5-12)18-19-15(20)21-9-13-11(2)17-10-22-13;/h3,10,12,16H,1,4-9H2,2H3;1H. The topological polar surface area (TPSA) is 55.6 Å². The lowest BCUT2D eigenvalue weighted by Crippen LogP contribution is -2.28. The van der Waals surface area contributed by atoms with Crippen molar-refractivity contribution in [3.8, 4) is 0 Å². The first-order valence-electron chi connectivity index (χ1n) is 7.56. The Morgan fingerprint density at radius 2 is 2.22 bits per heavy atom. The molecule has 23 heavy (non-hydrogen) atoms. The maximum absolute atomic E-state index is 4.49. The lowest BCUT2D eigenvalue weighted by atomic mass is 9.97. The van der Waals surface area contributed by atoms with Gasteiger partial charge in [0, 0.05) is 23.1 Å². The molecule has 2 aromatic rings. The van der Waals surface area contributed by atoms with Gasteiger partial charge < -0.3 is 9.88 Å². The predicted molar refractivity (Wildman–Crippen MR) is 98.7 cm³/mol. The van der Waals surface area contributed by atoms with E-state index < -0.39 is 0 Å². The smallest absolute Gasteiger partial charge is 0.191 e. The molecule has 0 aromatic carbocycles. The van der Waals surface area contributed by atoms with E-state index in [1.54, 1.807) is 23.1 Å². The molecular formula is C15H22ClN5S2. The van der Waals surface area contributed by atoms with Gasteiger partial charge >= 0.3 is 0 Å². The SMILES string of the molecule is C=CCn1c(SCc2scnc2C)nnc1C1CCNCC1.Cl. The first kappa shape index (κ1) is 18.4. The van der Waals surface area contributed by atoms with Crippen molar-refractivity contribution >= 4 is 35.5 Å². The lowest BCUT2D eigenvalue weighted by molar-refractivity contribution is 0.431. The highest BCUT2D eigenvalue weighted by Gasteiger charge is 2.23. The van der Waals surface area contributed by atoms with Gasteiger partial charge in [0.2, 0.25) is 0 Å². The largest absolute Gasteiger partial charge is 0.317 e. The summed E-state index contributed by atoms with van der Waals surface area (Å²) in [5, 5.41) is 13.3. The maximum Gasteiger partial charge on any atom is 0.191 e. The van der Waals surface area contributed by atoms with Crippen molar-refractivity contribution in [3.63, 3.8) is 0 Å². The van der Waals surface area contributed by atoms with E-state index in [1.165, 1.54) is 4.88 Å². The molecule has 126 valence electrons. The Balaban J connectivity index is 0.00000192. The van der Waals surface area contributed by atoms with Crippen LogP contribution in [0.3, 0.4) is 0 Å². The van der Waals surface area contributed by atoms with Crippen molar-refractivity contribution in [2.75, 3.05) is 13.1 Å². The van der Waals surface area contributed by atoms with Crippen molar-refractivity contribution in [2.24, 2.45) is 0 Å². The number of aryl methyl sites for hydroxylation is 1. The third kappa shape index (κ3) is 4.35. The summed E-state index contributed by atoms with van der Waals surface area (Å²) in [6.07, 6.45) is 4.19. The van der Waals surface area contributed by atoms with E-state index in [4.69, 9.17) is 0 Å². The van der Waals surface area contributed by atoms with Crippen LogP contribution in [0.2, 0.25) is 0 Å². The first-order chi connectivity index (χ1) is 10.8. The van der Waals surface area contributed by atoms with Gasteiger partial charge in [-0.15, -0.1) is 40.5 Å². The number of hydrogen-bond donors (Lipinski definition) is 1. The zero-order chi connectivity index (χ0) is 15.4. The maximum atomic E-state index is 4.49. The molecule has 1 aliphatic heterocycles. The fourth-order valence-corrected chi connectivity index (χ4v) is 4.59. The van der Waals surface area contributed by atoms with Crippen molar-refractivity contribution in [1.29, 1.82) is 0 Å². The van der Waals surface area contributed by atoms with Crippen molar-refractivity contribution in [3.05, 3.63) is 34.6 Å². The average Bonchev–Trinajstić information content (AvgIpc) is 3.13. The number of thiazole rings is 1.